The third-order valence-electron chi connectivity index (χ3n) is 4.34. The molecule has 0 aliphatic rings. The molecule has 1 aromatic heterocycles. The van der Waals surface area contributed by atoms with Gasteiger partial charge in [0.25, 0.3) is 5.91 Å². The maximum absolute atomic E-state index is 12.8. The summed E-state index contributed by atoms with van der Waals surface area (Å²) in [6, 6.07) is 17.1. The summed E-state index contributed by atoms with van der Waals surface area (Å²) in [5, 5.41) is 2.87. The van der Waals surface area contributed by atoms with E-state index < -0.39 is 0 Å². The molecule has 0 fully saturated rings. The summed E-state index contributed by atoms with van der Waals surface area (Å²) in [4.78, 5) is 19.2. The van der Waals surface area contributed by atoms with E-state index in [9.17, 15) is 4.79 Å². The maximum Gasteiger partial charge on any atom is 0.257 e. The third-order valence-corrected chi connectivity index (χ3v) is 4.34. The molecule has 1 N–H and O–H groups in total. The molecule has 0 radical (unpaired) electrons. The number of rotatable bonds is 7. The fourth-order valence-electron chi connectivity index (χ4n) is 2.93. The first-order chi connectivity index (χ1) is 13.7. The number of nitrogens with one attached hydrogen (secondary N) is 1. The number of pyridine rings is 1. The number of aromatic nitrogens is 1. The Hall–Kier alpha value is -3.54. The molecule has 0 saturated carbocycles. The number of ether oxygens (including phenoxy) is 2. The van der Waals surface area contributed by atoms with E-state index in [0.29, 0.717) is 22.7 Å². The van der Waals surface area contributed by atoms with E-state index >= 15 is 0 Å². The molecule has 0 aliphatic heterocycles. The van der Waals surface area contributed by atoms with Crippen LogP contribution in [0.5, 0.6) is 11.5 Å². The Morgan fingerprint density at radius 1 is 1.00 bits per heavy atom. The lowest BCUT2D eigenvalue weighted by molar-refractivity contribution is 0.102. The predicted octanol–water partition coefficient (Wildman–Crippen LogP) is 4.51. The van der Waals surface area contributed by atoms with Crippen molar-refractivity contribution in [3.8, 4) is 11.5 Å². The Morgan fingerprint density at radius 2 is 1.79 bits per heavy atom. The lowest BCUT2D eigenvalue weighted by Crippen LogP contribution is -2.18. The average molecular weight is 377 g/mol. The zero-order chi connectivity index (χ0) is 19.9. The second kappa shape index (κ2) is 8.90. The van der Waals surface area contributed by atoms with Gasteiger partial charge in [0.1, 0.15) is 11.5 Å². The molecule has 28 heavy (non-hydrogen) atoms. The summed E-state index contributed by atoms with van der Waals surface area (Å²) >= 11 is 0. The Morgan fingerprint density at radius 3 is 2.46 bits per heavy atom. The highest BCUT2D eigenvalue weighted by atomic mass is 16.5. The molecule has 144 valence electrons. The topological polar surface area (TPSA) is 63.7 Å². The Balaban J connectivity index is 1.87. The molecule has 0 saturated heterocycles. The number of hydrogen-bond donors (Lipinski definition) is 1. The summed E-state index contributed by atoms with van der Waals surface area (Å²) in [6.07, 6.45) is 3.30. The minimum absolute atomic E-state index is 0.273. The van der Waals surface area contributed by atoms with E-state index in [2.05, 4.69) is 22.1 Å². The molecule has 6 nitrogen and oxygen atoms in total. The molecule has 3 rings (SSSR count). The standard InChI is InChI=1S/C22H23N3O3/c1-4-25(17-8-6-5-7-9-17)18-12-16(14-23-15-18)22(26)24-20-13-19(27-2)10-11-21(20)28-3/h5-15H,4H2,1-3H3,(H,24,26). The first-order valence-electron chi connectivity index (χ1n) is 8.97. The highest BCUT2D eigenvalue weighted by Gasteiger charge is 2.14. The van der Waals surface area contributed by atoms with Crippen molar-refractivity contribution >= 4 is 23.0 Å². The van der Waals surface area contributed by atoms with Crippen LogP contribution < -0.4 is 19.7 Å². The van der Waals surface area contributed by atoms with Gasteiger partial charge in [-0.1, -0.05) is 18.2 Å². The number of para-hydroxylation sites is 1. The van der Waals surface area contributed by atoms with Crippen LogP contribution in [0, 0.1) is 0 Å². The van der Waals surface area contributed by atoms with Crippen LogP contribution in [-0.4, -0.2) is 31.7 Å². The molecule has 6 heteroatoms. The van der Waals surface area contributed by atoms with Crippen molar-refractivity contribution in [2.24, 2.45) is 0 Å². The van der Waals surface area contributed by atoms with Crippen molar-refractivity contribution in [3.63, 3.8) is 0 Å². The number of nitrogens with zero attached hydrogens (tertiary/aromatic N) is 2. The van der Waals surface area contributed by atoms with E-state index in [-0.39, 0.29) is 5.91 Å². The monoisotopic (exact) mass is 377 g/mol. The normalized spacial score (nSPS) is 10.2. The number of amides is 1. The van der Waals surface area contributed by atoms with Gasteiger partial charge in [-0.3, -0.25) is 9.78 Å². The van der Waals surface area contributed by atoms with Crippen LogP contribution in [0.2, 0.25) is 0 Å². The molecular formula is C22H23N3O3. The van der Waals surface area contributed by atoms with Gasteiger partial charge in [0.2, 0.25) is 0 Å². The molecule has 1 amide bonds. The van der Waals surface area contributed by atoms with Crippen molar-refractivity contribution in [1.82, 2.24) is 4.98 Å². The average Bonchev–Trinajstić information content (AvgIpc) is 2.75. The highest BCUT2D eigenvalue weighted by Crippen LogP contribution is 2.30. The lowest BCUT2D eigenvalue weighted by Gasteiger charge is -2.23. The van der Waals surface area contributed by atoms with Gasteiger partial charge in [0, 0.05) is 24.5 Å². The minimum Gasteiger partial charge on any atom is -0.497 e. The van der Waals surface area contributed by atoms with Gasteiger partial charge in [0.05, 0.1) is 37.4 Å². The molecule has 0 aliphatic carbocycles. The van der Waals surface area contributed by atoms with E-state index in [1.54, 1.807) is 44.8 Å². The van der Waals surface area contributed by atoms with Crippen LogP contribution in [0.1, 0.15) is 17.3 Å². The smallest absolute Gasteiger partial charge is 0.257 e. The molecular weight excluding hydrogens is 354 g/mol. The molecule has 1 heterocycles. The zero-order valence-corrected chi connectivity index (χ0v) is 16.2. The van der Waals surface area contributed by atoms with Crippen LogP contribution in [0.4, 0.5) is 17.1 Å². The summed E-state index contributed by atoms with van der Waals surface area (Å²) < 4.78 is 10.6. The van der Waals surface area contributed by atoms with Crippen molar-refractivity contribution in [2.75, 3.05) is 31.0 Å². The number of carbonyl (C=O) groups is 1. The lowest BCUT2D eigenvalue weighted by atomic mass is 10.2. The fourth-order valence-corrected chi connectivity index (χ4v) is 2.93. The van der Waals surface area contributed by atoms with Gasteiger partial charge in [-0.25, -0.2) is 0 Å². The summed E-state index contributed by atoms with van der Waals surface area (Å²) in [6.45, 7) is 2.81. The van der Waals surface area contributed by atoms with E-state index in [0.717, 1.165) is 17.9 Å². The van der Waals surface area contributed by atoms with Gasteiger partial charge in [-0.15, -0.1) is 0 Å². The minimum atomic E-state index is -0.273. The number of benzene rings is 2. The molecule has 0 atom stereocenters. The van der Waals surface area contributed by atoms with E-state index in [1.807, 2.05) is 36.4 Å². The largest absolute Gasteiger partial charge is 0.497 e. The molecule has 0 bridgehead atoms. The van der Waals surface area contributed by atoms with Gasteiger partial charge in [-0.05, 0) is 37.3 Å². The first kappa shape index (κ1) is 19.2. The van der Waals surface area contributed by atoms with Crippen LogP contribution in [0.25, 0.3) is 0 Å². The van der Waals surface area contributed by atoms with Crippen LogP contribution in [0.15, 0.2) is 67.0 Å². The number of hydrogen-bond acceptors (Lipinski definition) is 5. The molecule has 0 spiro atoms. The summed E-state index contributed by atoms with van der Waals surface area (Å²) in [7, 11) is 3.13. The summed E-state index contributed by atoms with van der Waals surface area (Å²) in [5.41, 5.74) is 2.88. The fraction of sp³-hybridized carbons (Fsp3) is 0.182. The second-order valence-corrected chi connectivity index (χ2v) is 6.03. The van der Waals surface area contributed by atoms with Crippen LogP contribution in [-0.2, 0) is 0 Å². The number of carbonyl (C=O) groups excluding carboxylic acids is 1. The second-order valence-electron chi connectivity index (χ2n) is 6.03. The van der Waals surface area contributed by atoms with Crippen molar-refractivity contribution in [3.05, 3.63) is 72.6 Å². The zero-order valence-electron chi connectivity index (χ0n) is 16.2. The van der Waals surface area contributed by atoms with Gasteiger partial charge < -0.3 is 19.7 Å². The maximum atomic E-state index is 12.8. The Labute approximate surface area is 164 Å². The van der Waals surface area contributed by atoms with Crippen molar-refractivity contribution in [2.45, 2.75) is 6.92 Å². The number of anilines is 3. The Kier molecular flexibility index (Phi) is 6.11. The van der Waals surface area contributed by atoms with Crippen LogP contribution >= 0.6 is 0 Å². The molecule has 0 unspecified atom stereocenters. The van der Waals surface area contributed by atoms with Crippen LogP contribution in [0.3, 0.4) is 0 Å². The van der Waals surface area contributed by atoms with E-state index in [1.165, 1.54) is 0 Å². The van der Waals surface area contributed by atoms with E-state index in [4.69, 9.17) is 9.47 Å². The Bertz CT molecular complexity index is 945. The highest BCUT2D eigenvalue weighted by molar-refractivity contribution is 6.05. The van der Waals surface area contributed by atoms with Gasteiger partial charge in [-0.2, -0.15) is 0 Å². The molecule has 2 aromatic carbocycles. The van der Waals surface area contributed by atoms with Gasteiger partial charge in [0.15, 0.2) is 0 Å². The summed E-state index contributed by atoms with van der Waals surface area (Å²) in [5.74, 6) is 0.909. The number of methoxy groups -OCH3 is 2. The third kappa shape index (κ3) is 4.23. The first-order valence-corrected chi connectivity index (χ1v) is 8.97. The SMILES string of the molecule is CCN(c1ccccc1)c1cncc(C(=O)Nc2cc(OC)ccc2OC)c1. The van der Waals surface area contributed by atoms with Crippen molar-refractivity contribution < 1.29 is 14.3 Å². The predicted molar refractivity (Wildman–Crippen MR) is 111 cm³/mol. The van der Waals surface area contributed by atoms with Crippen molar-refractivity contribution in [1.29, 1.82) is 0 Å². The quantitative estimate of drug-likeness (QED) is 0.656. The molecule has 3 aromatic rings. The van der Waals surface area contributed by atoms with Gasteiger partial charge >= 0.3 is 0 Å².